The normalized spacial score (nSPS) is 11.8. The minimum Gasteiger partial charge on any atom is -0.508 e. The molecule has 0 aromatic heterocycles. The summed E-state index contributed by atoms with van der Waals surface area (Å²) in [4.78, 5) is 0. The van der Waals surface area contributed by atoms with Gasteiger partial charge in [-0.15, -0.1) is 0 Å². The summed E-state index contributed by atoms with van der Waals surface area (Å²) in [5, 5.41) is 19.7. The molecule has 0 saturated heterocycles. The van der Waals surface area contributed by atoms with Crippen molar-refractivity contribution < 1.29 is 10.2 Å². The fourth-order valence-electron chi connectivity index (χ4n) is 3.51. The summed E-state index contributed by atoms with van der Waals surface area (Å²) in [5.74, 6) is 6.32. The molecule has 0 heterocycles. The lowest BCUT2D eigenvalue weighted by molar-refractivity contribution is 0.143. The van der Waals surface area contributed by atoms with Gasteiger partial charge in [0.2, 0.25) is 0 Å². The molecule has 2 N–H and O–H groups in total. The van der Waals surface area contributed by atoms with E-state index in [0.29, 0.717) is 5.75 Å². The summed E-state index contributed by atoms with van der Waals surface area (Å²) in [5.41, 5.74) is 4.36. The lowest BCUT2D eigenvalue weighted by Crippen LogP contribution is -2.26. The molecule has 0 aliphatic carbocycles. The topological polar surface area (TPSA) is 40.5 Å². The second-order valence-corrected chi connectivity index (χ2v) is 7.63. The van der Waals surface area contributed by atoms with Gasteiger partial charge in [0.05, 0.1) is 0 Å². The van der Waals surface area contributed by atoms with Gasteiger partial charge in [-0.2, -0.15) is 0 Å². The average molecular weight is 351 g/mol. The molecule has 138 valence electrons. The molecule has 2 aromatic carbocycles. The smallest absolute Gasteiger partial charge is 0.120 e. The molecule has 2 nitrogen and oxygen atoms in total. The lowest BCUT2D eigenvalue weighted by Gasteiger charge is -2.34. The molecule has 0 aliphatic rings. The molecule has 2 aromatic rings. The molecule has 0 unspecified atom stereocenters. The SMILES string of the molecule is CCC(CC)(c1ccc(O)c(C)c1)c1ccc(C#CC(C)(C)O)c(C)c1. The zero-order valence-electron chi connectivity index (χ0n) is 16.8. The number of phenolic OH excluding ortho intramolecular Hbond substituents is 1. The third-order valence-electron chi connectivity index (χ3n) is 5.24. The predicted octanol–water partition coefficient (Wildman–Crippen LogP) is 5.24. The third-order valence-corrected chi connectivity index (χ3v) is 5.24. The van der Waals surface area contributed by atoms with Gasteiger partial charge in [-0.05, 0) is 74.9 Å². The van der Waals surface area contributed by atoms with Crippen molar-refractivity contribution in [1.82, 2.24) is 0 Å². The largest absolute Gasteiger partial charge is 0.508 e. The molecule has 0 saturated carbocycles. The van der Waals surface area contributed by atoms with E-state index in [-0.39, 0.29) is 5.41 Å². The van der Waals surface area contributed by atoms with E-state index in [1.54, 1.807) is 19.9 Å². The maximum Gasteiger partial charge on any atom is 0.120 e. The average Bonchev–Trinajstić information content (AvgIpc) is 2.58. The molecule has 0 bridgehead atoms. The van der Waals surface area contributed by atoms with Gasteiger partial charge in [0, 0.05) is 11.0 Å². The van der Waals surface area contributed by atoms with E-state index in [0.717, 1.165) is 29.5 Å². The van der Waals surface area contributed by atoms with Gasteiger partial charge in [-0.3, -0.25) is 0 Å². The number of aromatic hydroxyl groups is 1. The molecule has 0 radical (unpaired) electrons. The highest BCUT2D eigenvalue weighted by Crippen LogP contribution is 2.40. The van der Waals surface area contributed by atoms with Crippen LogP contribution in [0.3, 0.4) is 0 Å². The monoisotopic (exact) mass is 350 g/mol. The van der Waals surface area contributed by atoms with Crippen molar-refractivity contribution in [3.63, 3.8) is 0 Å². The van der Waals surface area contributed by atoms with E-state index in [2.05, 4.69) is 56.9 Å². The number of benzene rings is 2. The maximum atomic E-state index is 9.90. The van der Waals surface area contributed by atoms with Gasteiger partial charge in [-0.25, -0.2) is 0 Å². The van der Waals surface area contributed by atoms with Crippen LogP contribution < -0.4 is 0 Å². The van der Waals surface area contributed by atoms with Crippen LogP contribution in [-0.4, -0.2) is 15.8 Å². The maximum absolute atomic E-state index is 9.90. The van der Waals surface area contributed by atoms with E-state index < -0.39 is 5.60 Å². The second kappa shape index (κ2) is 7.56. The van der Waals surface area contributed by atoms with Gasteiger partial charge < -0.3 is 10.2 Å². The highest BCUT2D eigenvalue weighted by Gasteiger charge is 2.31. The van der Waals surface area contributed by atoms with Crippen LogP contribution in [-0.2, 0) is 5.41 Å². The van der Waals surface area contributed by atoms with Gasteiger partial charge >= 0.3 is 0 Å². The third kappa shape index (κ3) is 4.11. The Kier molecular flexibility index (Phi) is 5.84. The summed E-state index contributed by atoms with van der Waals surface area (Å²) in [6.45, 7) is 11.8. The minimum atomic E-state index is -0.995. The van der Waals surface area contributed by atoms with Crippen molar-refractivity contribution in [2.24, 2.45) is 0 Å². The van der Waals surface area contributed by atoms with Gasteiger partial charge in [0.15, 0.2) is 0 Å². The van der Waals surface area contributed by atoms with Crippen LogP contribution >= 0.6 is 0 Å². The first-order chi connectivity index (χ1) is 12.1. The van der Waals surface area contributed by atoms with Gasteiger partial charge in [-0.1, -0.05) is 50.0 Å². The van der Waals surface area contributed by atoms with E-state index in [1.807, 2.05) is 13.0 Å². The Morgan fingerprint density at radius 3 is 1.88 bits per heavy atom. The summed E-state index contributed by atoms with van der Waals surface area (Å²) < 4.78 is 0. The van der Waals surface area contributed by atoms with Gasteiger partial charge in [0.25, 0.3) is 0 Å². The number of phenols is 1. The van der Waals surface area contributed by atoms with Gasteiger partial charge in [0.1, 0.15) is 11.4 Å². The van der Waals surface area contributed by atoms with Crippen molar-refractivity contribution in [1.29, 1.82) is 0 Å². The molecular formula is C24H30O2. The number of hydrogen-bond acceptors (Lipinski definition) is 2. The Morgan fingerprint density at radius 1 is 0.885 bits per heavy atom. The Morgan fingerprint density at radius 2 is 1.42 bits per heavy atom. The lowest BCUT2D eigenvalue weighted by atomic mass is 9.70. The number of hydrogen-bond donors (Lipinski definition) is 2. The van der Waals surface area contributed by atoms with Crippen molar-refractivity contribution >= 4 is 0 Å². The summed E-state index contributed by atoms with van der Waals surface area (Å²) in [7, 11) is 0. The fraction of sp³-hybridized carbons (Fsp3) is 0.417. The highest BCUT2D eigenvalue weighted by molar-refractivity contribution is 5.49. The summed E-state index contributed by atoms with van der Waals surface area (Å²) in [6.07, 6.45) is 1.95. The molecule has 2 heteroatoms. The van der Waals surface area contributed by atoms with Crippen LogP contribution in [0.25, 0.3) is 0 Å². The Hall–Kier alpha value is -2.24. The molecule has 0 spiro atoms. The zero-order chi connectivity index (χ0) is 19.5. The fourth-order valence-corrected chi connectivity index (χ4v) is 3.51. The molecule has 0 fully saturated rings. The number of aryl methyl sites for hydroxylation is 2. The van der Waals surface area contributed by atoms with Crippen LogP contribution in [0.5, 0.6) is 5.75 Å². The van der Waals surface area contributed by atoms with Crippen LogP contribution in [0.15, 0.2) is 36.4 Å². The van der Waals surface area contributed by atoms with Crippen LogP contribution in [0.4, 0.5) is 0 Å². The number of rotatable bonds is 4. The van der Waals surface area contributed by atoms with E-state index in [4.69, 9.17) is 0 Å². The van der Waals surface area contributed by atoms with E-state index in [1.165, 1.54) is 11.1 Å². The zero-order valence-corrected chi connectivity index (χ0v) is 16.8. The van der Waals surface area contributed by atoms with E-state index in [9.17, 15) is 10.2 Å². The molecule has 0 amide bonds. The molecular weight excluding hydrogens is 320 g/mol. The first kappa shape index (κ1) is 20.1. The van der Waals surface area contributed by atoms with Crippen molar-refractivity contribution in [2.75, 3.05) is 0 Å². The summed E-state index contributed by atoms with van der Waals surface area (Å²) >= 11 is 0. The predicted molar refractivity (Wildman–Crippen MR) is 109 cm³/mol. The Bertz CT molecular complexity index is 841. The minimum absolute atomic E-state index is 0.0918. The molecule has 0 atom stereocenters. The van der Waals surface area contributed by atoms with Crippen molar-refractivity contribution in [3.8, 4) is 17.6 Å². The second-order valence-electron chi connectivity index (χ2n) is 7.63. The first-order valence-corrected chi connectivity index (χ1v) is 9.29. The van der Waals surface area contributed by atoms with Crippen molar-refractivity contribution in [3.05, 3.63) is 64.2 Å². The van der Waals surface area contributed by atoms with Crippen LogP contribution in [0, 0.1) is 25.7 Å². The quantitative estimate of drug-likeness (QED) is 0.741. The molecule has 2 rings (SSSR count). The van der Waals surface area contributed by atoms with Crippen LogP contribution in [0.2, 0.25) is 0 Å². The highest BCUT2D eigenvalue weighted by atomic mass is 16.3. The number of aliphatic hydroxyl groups is 1. The molecule has 26 heavy (non-hydrogen) atoms. The van der Waals surface area contributed by atoms with Crippen molar-refractivity contribution in [2.45, 2.75) is 65.4 Å². The first-order valence-electron chi connectivity index (χ1n) is 9.29. The summed E-state index contributed by atoms with van der Waals surface area (Å²) in [6, 6.07) is 12.3. The molecule has 0 aliphatic heterocycles. The Balaban J connectivity index is 2.55. The standard InChI is InChI=1S/C24H30O2/c1-7-24(8-2,21-11-12-22(25)18(4)16-21)20-10-9-19(17(3)15-20)13-14-23(5,6)26/h9-12,15-16,25-26H,7-8H2,1-6H3. The van der Waals surface area contributed by atoms with Crippen LogP contribution in [0.1, 0.15) is 68.4 Å². The van der Waals surface area contributed by atoms with E-state index >= 15 is 0 Å². The Labute approximate surface area is 157 Å².